The normalized spacial score (nSPS) is 36.5. The largest absolute Gasteiger partial charge is 0.487 e. The Morgan fingerprint density at radius 2 is 2.05 bits per heavy atom. The van der Waals surface area contributed by atoms with Gasteiger partial charge in [-0.25, -0.2) is 0 Å². The Morgan fingerprint density at radius 1 is 1.25 bits per heavy atom. The molecule has 0 aromatic heterocycles. The third-order valence-electron chi connectivity index (χ3n) is 5.32. The summed E-state index contributed by atoms with van der Waals surface area (Å²) in [5.41, 5.74) is 1.33. The zero-order chi connectivity index (χ0) is 14.3. The van der Waals surface area contributed by atoms with Crippen molar-refractivity contribution in [3.63, 3.8) is 0 Å². The maximum absolute atomic E-state index is 6.52. The molecule has 3 heteroatoms. The Labute approximate surface area is 130 Å². The van der Waals surface area contributed by atoms with Gasteiger partial charge in [-0.15, -0.1) is 0 Å². The fourth-order valence-corrected chi connectivity index (χ4v) is 4.18. The highest BCUT2D eigenvalue weighted by Crippen LogP contribution is 2.49. The van der Waals surface area contributed by atoms with E-state index in [1.807, 2.05) is 0 Å². The standard InChI is InChI=1S/C17H24BrNO/c1-11-6-7-17(9-12(11)2)10-15(19-3)14-5-4-13(18)8-16(14)20-17/h4-5,8,11-12,15,19H,6-7,9-10H2,1-3H3. The van der Waals surface area contributed by atoms with Crippen LogP contribution in [0.2, 0.25) is 0 Å². The molecule has 1 N–H and O–H groups in total. The highest BCUT2D eigenvalue weighted by atomic mass is 79.9. The van der Waals surface area contributed by atoms with Crippen LogP contribution in [0.15, 0.2) is 22.7 Å². The summed E-state index contributed by atoms with van der Waals surface area (Å²) in [6.07, 6.45) is 4.73. The number of nitrogens with one attached hydrogen (secondary N) is 1. The van der Waals surface area contributed by atoms with Crippen molar-refractivity contribution < 1.29 is 4.74 Å². The van der Waals surface area contributed by atoms with Gasteiger partial charge in [0, 0.05) is 22.5 Å². The fourth-order valence-electron chi connectivity index (χ4n) is 3.84. The lowest BCUT2D eigenvalue weighted by Gasteiger charge is -2.47. The molecule has 0 amide bonds. The quantitative estimate of drug-likeness (QED) is 0.802. The molecule has 1 aromatic rings. The second-order valence-electron chi connectivity index (χ2n) is 6.71. The molecule has 3 rings (SSSR count). The molecule has 110 valence electrons. The first-order valence-electron chi connectivity index (χ1n) is 7.69. The van der Waals surface area contributed by atoms with Crippen molar-refractivity contribution in [3.05, 3.63) is 28.2 Å². The minimum atomic E-state index is 0.0351. The van der Waals surface area contributed by atoms with Gasteiger partial charge in [-0.2, -0.15) is 0 Å². The van der Waals surface area contributed by atoms with Crippen LogP contribution < -0.4 is 10.1 Å². The summed E-state index contributed by atoms with van der Waals surface area (Å²) in [5.74, 6) is 2.63. The second-order valence-corrected chi connectivity index (χ2v) is 7.63. The molecule has 2 nitrogen and oxygen atoms in total. The molecule has 20 heavy (non-hydrogen) atoms. The van der Waals surface area contributed by atoms with Gasteiger partial charge >= 0.3 is 0 Å². The van der Waals surface area contributed by atoms with Crippen molar-refractivity contribution in [1.82, 2.24) is 5.32 Å². The molecule has 0 radical (unpaired) electrons. The molecule has 1 spiro atoms. The number of rotatable bonds is 1. The number of benzene rings is 1. The van der Waals surface area contributed by atoms with E-state index in [2.05, 4.69) is 60.3 Å². The van der Waals surface area contributed by atoms with Crippen molar-refractivity contribution in [1.29, 1.82) is 0 Å². The topological polar surface area (TPSA) is 21.3 Å². The SMILES string of the molecule is CNC1CC2(CCC(C)C(C)C2)Oc2cc(Br)ccc21. The van der Waals surface area contributed by atoms with Gasteiger partial charge in [0.2, 0.25) is 0 Å². The van der Waals surface area contributed by atoms with E-state index in [0.29, 0.717) is 6.04 Å². The lowest BCUT2D eigenvalue weighted by atomic mass is 9.69. The summed E-state index contributed by atoms with van der Waals surface area (Å²) in [6.45, 7) is 4.75. The van der Waals surface area contributed by atoms with E-state index >= 15 is 0 Å². The molecule has 4 atom stereocenters. The highest BCUT2D eigenvalue weighted by molar-refractivity contribution is 9.10. The van der Waals surface area contributed by atoms with Gasteiger partial charge in [-0.1, -0.05) is 35.8 Å². The van der Waals surface area contributed by atoms with Crippen molar-refractivity contribution in [2.24, 2.45) is 11.8 Å². The van der Waals surface area contributed by atoms with Gasteiger partial charge in [0.1, 0.15) is 11.4 Å². The van der Waals surface area contributed by atoms with E-state index < -0.39 is 0 Å². The summed E-state index contributed by atoms with van der Waals surface area (Å²) in [4.78, 5) is 0. The average molecular weight is 338 g/mol. The highest BCUT2D eigenvalue weighted by Gasteiger charge is 2.44. The minimum Gasteiger partial charge on any atom is -0.487 e. The minimum absolute atomic E-state index is 0.0351. The molecular weight excluding hydrogens is 314 g/mol. The molecule has 4 unspecified atom stereocenters. The van der Waals surface area contributed by atoms with Crippen LogP contribution in [0.3, 0.4) is 0 Å². The molecule has 1 heterocycles. The number of ether oxygens (including phenoxy) is 1. The van der Waals surface area contributed by atoms with Crippen molar-refractivity contribution in [2.75, 3.05) is 7.05 Å². The summed E-state index contributed by atoms with van der Waals surface area (Å²) >= 11 is 3.57. The smallest absolute Gasteiger partial charge is 0.126 e. The van der Waals surface area contributed by atoms with E-state index in [1.165, 1.54) is 24.8 Å². The second kappa shape index (κ2) is 5.34. The lowest BCUT2D eigenvalue weighted by Crippen LogP contribution is -2.48. The molecule has 1 aliphatic carbocycles. The van der Waals surface area contributed by atoms with Gasteiger partial charge < -0.3 is 10.1 Å². The predicted octanol–water partition coefficient (Wildman–Crippen LogP) is 4.69. The molecule has 1 aliphatic heterocycles. The third-order valence-corrected chi connectivity index (χ3v) is 5.82. The van der Waals surface area contributed by atoms with E-state index in [-0.39, 0.29) is 5.60 Å². The summed E-state index contributed by atoms with van der Waals surface area (Å²) in [7, 11) is 2.06. The van der Waals surface area contributed by atoms with Crippen LogP contribution >= 0.6 is 15.9 Å². The first kappa shape index (κ1) is 14.4. The first-order valence-corrected chi connectivity index (χ1v) is 8.48. The summed E-state index contributed by atoms with van der Waals surface area (Å²) in [5, 5.41) is 3.48. The van der Waals surface area contributed by atoms with Crippen LogP contribution in [0.4, 0.5) is 0 Å². The van der Waals surface area contributed by atoms with Gasteiger partial charge in [-0.05, 0) is 50.3 Å². The maximum Gasteiger partial charge on any atom is 0.126 e. The summed E-state index contributed by atoms with van der Waals surface area (Å²) < 4.78 is 7.62. The van der Waals surface area contributed by atoms with E-state index in [9.17, 15) is 0 Å². The maximum atomic E-state index is 6.52. The molecule has 1 fully saturated rings. The lowest BCUT2D eigenvalue weighted by molar-refractivity contribution is -0.0317. The Hall–Kier alpha value is -0.540. The first-order chi connectivity index (χ1) is 9.53. The van der Waals surface area contributed by atoms with Crippen LogP contribution in [0.1, 0.15) is 51.1 Å². The zero-order valence-corrected chi connectivity index (χ0v) is 14.2. The van der Waals surface area contributed by atoms with Crippen LogP contribution in [-0.2, 0) is 0 Å². The van der Waals surface area contributed by atoms with Gasteiger partial charge in [0.15, 0.2) is 0 Å². The molecule has 1 saturated carbocycles. The molecule has 0 saturated heterocycles. The number of hydrogen-bond acceptors (Lipinski definition) is 2. The van der Waals surface area contributed by atoms with E-state index in [4.69, 9.17) is 4.74 Å². The summed E-state index contributed by atoms with van der Waals surface area (Å²) in [6, 6.07) is 6.83. The predicted molar refractivity (Wildman–Crippen MR) is 86.1 cm³/mol. The number of hydrogen-bond donors (Lipinski definition) is 1. The van der Waals surface area contributed by atoms with E-state index in [0.717, 1.165) is 28.5 Å². The Morgan fingerprint density at radius 3 is 2.75 bits per heavy atom. The van der Waals surface area contributed by atoms with Crippen LogP contribution in [0.5, 0.6) is 5.75 Å². The number of halogens is 1. The van der Waals surface area contributed by atoms with Crippen molar-refractivity contribution in [3.8, 4) is 5.75 Å². The third kappa shape index (κ3) is 2.50. The Bertz CT molecular complexity index is 504. The monoisotopic (exact) mass is 337 g/mol. The van der Waals surface area contributed by atoms with Crippen molar-refractivity contribution in [2.45, 2.75) is 51.2 Å². The van der Waals surface area contributed by atoms with E-state index in [1.54, 1.807) is 0 Å². The van der Waals surface area contributed by atoms with Gasteiger partial charge in [-0.3, -0.25) is 0 Å². The van der Waals surface area contributed by atoms with Crippen LogP contribution in [0.25, 0.3) is 0 Å². The van der Waals surface area contributed by atoms with Gasteiger partial charge in [0.05, 0.1) is 0 Å². The zero-order valence-electron chi connectivity index (χ0n) is 12.6. The fraction of sp³-hybridized carbons (Fsp3) is 0.647. The Kier molecular flexibility index (Phi) is 3.85. The van der Waals surface area contributed by atoms with Crippen LogP contribution in [-0.4, -0.2) is 12.6 Å². The Balaban J connectivity index is 1.93. The molecule has 1 aromatic carbocycles. The molecule has 2 aliphatic rings. The number of fused-ring (bicyclic) bond motifs is 1. The molecular formula is C17H24BrNO. The van der Waals surface area contributed by atoms with Crippen LogP contribution in [0, 0.1) is 11.8 Å². The van der Waals surface area contributed by atoms with Crippen molar-refractivity contribution >= 4 is 15.9 Å². The van der Waals surface area contributed by atoms with Gasteiger partial charge in [0.25, 0.3) is 0 Å². The average Bonchev–Trinajstić information content (AvgIpc) is 2.42. The molecule has 0 bridgehead atoms.